The van der Waals surface area contributed by atoms with Gasteiger partial charge in [0.25, 0.3) is 0 Å². The fraction of sp³-hybridized carbons (Fsp3) is 0.333. The van der Waals surface area contributed by atoms with Crippen molar-refractivity contribution in [1.29, 1.82) is 0 Å². The number of nitrogens with zero attached hydrogens (tertiary/aromatic N) is 2. The van der Waals surface area contributed by atoms with Gasteiger partial charge in [-0.2, -0.15) is 8.42 Å². The average molecular weight is 456 g/mol. The van der Waals surface area contributed by atoms with Crippen LogP contribution in [0.5, 0.6) is 0 Å². The Morgan fingerprint density at radius 2 is 2.00 bits per heavy atom. The van der Waals surface area contributed by atoms with Gasteiger partial charge in [-0.25, -0.2) is 8.91 Å². The standard InChI is InChI=1S/C15H17Cl3N4O4S/c1-22-8-11(10-4-2-3-5-12(10)22)13(23)6-7-20-14(19)21-27(24,25)26-9-15(16,17)18/h2-5,8H,6-7,9H2,1H3,(H3,19,20,21). The molecule has 0 spiro atoms. The SMILES string of the molecule is Cn1cc(C(=O)CCN=C(N)NS(=O)(=O)OCC(Cl)(Cl)Cl)c2ccccc21. The molecule has 0 amide bonds. The number of hydrogen-bond donors (Lipinski definition) is 2. The second-order valence-electron chi connectivity index (χ2n) is 5.54. The van der Waals surface area contributed by atoms with Gasteiger partial charge in [-0.3, -0.25) is 9.79 Å². The second kappa shape index (κ2) is 8.66. The van der Waals surface area contributed by atoms with Crippen LogP contribution in [0.3, 0.4) is 0 Å². The van der Waals surface area contributed by atoms with E-state index in [4.69, 9.17) is 40.5 Å². The van der Waals surface area contributed by atoms with Gasteiger partial charge in [0, 0.05) is 36.1 Å². The highest BCUT2D eigenvalue weighted by Gasteiger charge is 2.24. The third-order valence-corrected chi connectivity index (χ3v) is 4.64. The summed E-state index contributed by atoms with van der Waals surface area (Å²) in [6.45, 7) is -0.708. The topological polar surface area (TPSA) is 116 Å². The van der Waals surface area contributed by atoms with E-state index in [1.807, 2.05) is 40.6 Å². The number of para-hydroxylation sites is 1. The van der Waals surface area contributed by atoms with Crippen LogP contribution in [0.25, 0.3) is 10.9 Å². The van der Waals surface area contributed by atoms with Crippen molar-refractivity contribution in [3.8, 4) is 0 Å². The Morgan fingerprint density at radius 1 is 1.33 bits per heavy atom. The van der Waals surface area contributed by atoms with E-state index in [0.717, 1.165) is 10.9 Å². The maximum absolute atomic E-state index is 12.4. The summed E-state index contributed by atoms with van der Waals surface area (Å²) in [4.78, 5) is 16.2. The van der Waals surface area contributed by atoms with E-state index in [-0.39, 0.29) is 18.7 Å². The summed E-state index contributed by atoms with van der Waals surface area (Å²) in [5.41, 5.74) is 6.98. The van der Waals surface area contributed by atoms with Crippen LogP contribution in [0, 0.1) is 0 Å². The van der Waals surface area contributed by atoms with Gasteiger partial charge in [0.05, 0.1) is 6.54 Å². The van der Waals surface area contributed by atoms with E-state index < -0.39 is 26.7 Å². The van der Waals surface area contributed by atoms with Crippen molar-refractivity contribution in [2.24, 2.45) is 17.8 Å². The van der Waals surface area contributed by atoms with Gasteiger partial charge in [0.15, 0.2) is 5.78 Å². The first-order valence-electron chi connectivity index (χ1n) is 7.59. The van der Waals surface area contributed by atoms with Crippen molar-refractivity contribution in [2.75, 3.05) is 13.2 Å². The van der Waals surface area contributed by atoms with Gasteiger partial charge in [0.1, 0.15) is 6.61 Å². The molecule has 1 aromatic carbocycles. The highest BCUT2D eigenvalue weighted by Crippen LogP contribution is 2.26. The number of hydrogen-bond acceptors (Lipinski definition) is 5. The summed E-state index contributed by atoms with van der Waals surface area (Å²) in [5.74, 6) is -0.580. The lowest BCUT2D eigenvalue weighted by atomic mass is 10.1. The molecule has 2 aromatic rings. The number of ketones is 1. The van der Waals surface area contributed by atoms with Gasteiger partial charge in [0.2, 0.25) is 9.75 Å². The van der Waals surface area contributed by atoms with Crippen molar-refractivity contribution in [3.63, 3.8) is 0 Å². The number of aliphatic imine (C=N–C) groups is 1. The number of carbonyl (C=O) groups excluding carboxylic acids is 1. The number of alkyl halides is 3. The molecule has 148 valence electrons. The predicted molar refractivity (Wildman–Crippen MR) is 107 cm³/mol. The summed E-state index contributed by atoms with van der Waals surface area (Å²) >= 11 is 16.2. The van der Waals surface area contributed by atoms with E-state index in [9.17, 15) is 13.2 Å². The van der Waals surface area contributed by atoms with Crippen molar-refractivity contribution in [2.45, 2.75) is 10.2 Å². The highest BCUT2D eigenvalue weighted by atomic mass is 35.6. The summed E-state index contributed by atoms with van der Waals surface area (Å²) in [5, 5.41) is 0.836. The smallest absolute Gasteiger partial charge is 0.362 e. The average Bonchev–Trinajstić information content (AvgIpc) is 2.90. The molecule has 27 heavy (non-hydrogen) atoms. The zero-order valence-electron chi connectivity index (χ0n) is 14.2. The molecule has 1 heterocycles. The van der Waals surface area contributed by atoms with Crippen LogP contribution >= 0.6 is 34.8 Å². The van der Waals surface area contributed by atoms with Crippen LogP contribution in [0.1, 0.15) is 16.8 Å². The van der Waals surface area contributed by atoms with E-state index in [2.05, 4.69) is 9.18 Å². The third-order valence-electron chi connectivity index (χ3n) is 3.43. The first-order chi connectivity index (χ1) is 12.5. The molecule has 1 aromatic heterocycles. The van der Waals surface area contributed by atoms with E-state index in [1.54, 1.807) is 6.20 Å². The zero-order chi connectivity index (χ0) is 20.2. The Bertz CT molecular complexity index is 967. The number of fused-ring (bicyclic) bond motifs is 1. The van der Waals surface area contributed by atoms with Gasteiger partial charge in [-0.05, 0) is 6.07 Å². The molecule has 0 atom stereocenters. The Morgan fingerprint density at radius 3 is 2.67 bits per heavy atom. The molecule has 12 heteroatoms. The summed E-state index contributed by atoms with van der Waals surface area (Å²) in [6, 6.07) is 7.50. The quantitative estimate of drug-likeness (QED) is 0.288. The number of nitrogens with two attached hydrogens (primary N) is 1. The molecule has 0 aliphatic rings. The number of guanidine groups is 1. The maximum Gasteiger partial charge on any atom is 0.362 e. The molecule has 0 aliphatic carbocycles. The largest absolute Gasteiger partial charge is 0.369 e. The van der Waals surface area contributed by atoms with Crippen molar-refractivity contribution in [3.05, 3.63) is 36.0 Å². The Labute approximate surface area is 171 Å². The van der Waals surface area contributed by atoms with Crippen LogP contribution in [0.15, 0.2) is 35.5 Å². The fourth-order valence-electron chi connectivity index (χ4n) is 2.31. The number of halogens is 3. The van der Waals surface area contributed by atoms with Crippen LogP contribution in [0.2, 0.25) is 0 Å². The number of nitrogens with one attached hydrogen (secondary N) is 1. The molecule has 0 unspecified atom stereocenters. The Hall–Kier alpha value is -1.52. The minimum absolute atomic E-state index is 0.0130. The van der Waals surface area contributed by atoms with Gasteiger partial charge >= 0.3 is 10.3 Å². The molecule has 2 rings (SSSR count). The molecule has 0 saturated carbocycles. The lowest BCUT2D eigenvalue weighted by Crippen LogP contribution is -2.39. The van der Waals surface area contributed by atoms with Gasteiger partial charge < -0.3 is 10.3 Å². The molecule has 0 aliphatic heterocycles. The van der Waals surface area contributed by atoms with Crippen molar-refractivity contribution >= 4 is 67.8 Å². The number of Topliss-reactive ketones (excluding diaryl/α,β-unsaturated/α-hetero) is 1. The highest BCUT2D eigenvalue weighted by molar-refractivity contribution is 7.85. The van der Waals surface area contributed by atoms with Crippen molar-refractivity contribution in [1.82, 2.24) is 9.29 Å². The van der Waals surface area contributed by atoms with Gasteiger partial charge in [-0.1, -0.05) is 53.0 Å². The summed E-state index contributed by atoms with van der Waals surface area (Å²) in [6.07, 6.45) is 1.79. The normalized spacial score (nSPS) is 13.1. The number of aromatic nitrogens is 1. The minimum Gasteiger partial charge on any atom is -0.369 e. The van der Waals surface area contributed by atoms with Crippen LogP contribution < -0.4 is 10.5 Å². The molecule has 0 bridgehead atoms. The lowest BCUT2D eigenvalue weighted by molar-refractivity contribution is 0.0987. The van der Waals surface area contributed by atoms with Gasteiger partial charge in [-0.15, -0.1) is 0 Å². The second-order valence-corrected chi connectivity index (χ2v) is 9.41. The molecule has 0 fully saturated rings. The summed E-state index contributed by atoms with van der Waals surface area (Å²) in [7, 11) is -2.44. The monoisotopic (exact) mass is 454 g/mol. The minimum atomic E-state index is -4.29. The van der Waals surface area contributed by atoms with Crippen molar-refractivity contribution < 1.29 is 17.4 Å². The lowest BCUT2D eigenvalue weighted by Gasteiger charge is -2.12. The number of benzene rings is 1. The number of aryl methyl sites for hydroxylation is 1. The van der Waals surface area contributed by atoms with E-state index in [1.165, 1.54) is 0 Å². The van der Waals surface area contributed by atoms with Crippen LogP contribution in [-0.2, 0) is 21.5 Å². The van der Waals surface area contributed by atoms with E-state index in [0.29, 0.717) is 5.56 Å². The fourth-order valence-corrected chi connectivity index (χ4v) is 3.38. The third kappa shape index (κ3) is 6.54. The molecular weight excluding hydrogens is 439 g/mol. The molecular formula is C15H17Cl3N4O4S. The number of carbonyl (C=O) groups is 1. The molecule has 0 saturated heterocycles. The zero-order valence-corrected chi connectivity index (χ0v) is 17.2. The van der Waals surface area contributed by atoms with Crippen LogP contribution in [-0.4, -0.2) is 41.7 Å². The number of rotatable bonds is 7. The Balaban J connectivity index is 1.95. The molecule has 3 N–H and O–H groups in total. The first-order valence-corrected chi connectivity index (χ1v) is 10.1. The molecule has 0 radical (unpaired) electrons. The summed E-state index contributed by atoms with van der Waals surface area (Å²) < 4.78 is 29.5. The van der Waals surface area contributed by atoms with Crippen LogP contribution in [0.4, 0.5) is 0 Å². The molecule has 8 nitrogen and oxygen atoms in total. The predicted octanol–water partition coefficient (Wildman–Crippen LogP) is 2.29. The maximum atomic E-state index is 12.4. The first kappa shape index (κ1) is 21.8. The van der Waals surface area contributed by atoms with E-state index >= 15 is 0 Å². The Kier molecular flexibility index (Phi) is 6.98.